The molecule has 0 aliphatic carbocycles. The van der Waals surface area contributed by atoms with Gasteiger partial charge >= 0.3 is 0 Å². The second kappa shape index (κ2) is 8.10. The summed E-state index contributed by atoms with van der Waals surface area (Å²) >= 11 is 0. The lowest BCUT2D eigenvalue weighted by Gasteiger charge is -2.09. The zero-order valence-corrected chi connectivity index (χ0v) is 12.6. The first-order valence-electron chi connectivity index (χ1n) is 7.23. The number of anilines is 1. The van der Waals surface area contributed by atoms with E-state index in [-0.39, 0.29) is 18.6 Å². The first-order chi connectivity index (χ1) is 10.7. The number of rotatable bonds is 6. The highest BCUT2D eigenvalue weighted by molar-refractivity contribution is 5.89. The van der Waals surface area contributed by atoms with Gasteiger partial charge < -0.3 is 10.4 Å². The smallest absolute Gasteiger partial charge is 0.221 e. The Morgan fingerprint density at radius 3 is 2.45 bits per heavy atom. The SMILES string of the molecule is CC(=O)Nc1ccc(C=N[C@H](CO)Cc2ccccc2)cc1. The summed E-state index contributed by atoms with van der Waals surface area (Å²) in [6, 6.07) is 17.2. The van der Waals surface area contributed by atoms with Gasteiger partial charge in [-0.05, 0) is 29.7 Å². The van der Waals surface area contributed by atoms with E-state index in [0.717, 1.165) is 16.8 Å². The molecule has 2 aromatic rings. The lowest BCUT2D eigenvalue weighted by atomic mass is 10.1. The largest absolute Gasteiger partial charge is 0.394 e. The normalized spacial score (nSPS) is 12.3. The lowest BCUT2D eigenvalue weighted by molar-refractivity contribution is -0.114. The Morgan fingerprint density at radius 1 is 1.18 bits per heavy atom. The fourth-order valence-electron chi connectivity index (χ4n) is 2.10. The van der Waals surface area contributed by atoms with Crippen molar-refractivity contribution in [1.82, 2.24) is 0 Å². The Bertz CT molecular complexity index is 621. The average Bonchev–Trinajstić information content (AvgIpc) is 2.53. The van der Waals surface area contributed by atoms with Crippen LogP contribution in [-0.4, -0.2) is 29.9 Å². The van der Waals surface area contributed by atoms with Gasteiger partial charge in [0.25, 0.3) is 0 Å². The number of nitrogens with zero attached hydrogens (tertiary/aromatic N) is 1. The van der Waals surface area contributed by atoms with E-state index in [1.165, 1.54) is 6.92 Å². The first-order valence-corrected chi connectivity index (χ1v) is 7.23. The van der Waals surface area contributed by atoms with Gasteiger partial charge in [-0.1, -0.05) is 42.5 Å². The number of nitrogens with one attached hydrogen (secondary N) is 1. The lowest BCUT2D eigenvalue weighted by Crippen LogP contribution is -2.14. The fraction of sp³-hybridized carbons (Fsp3) is 0.222. The molecule has 1 atom stereocenters. The molecule has 2 N–H and O–H groups in total. The summed E-state index contributed by atoms with van der Waals surface area (Å²) in [6.07, 6.45) is 2.46. The van der Waals surface area contributed by atoms with Crippen LogP contribution in [0.4, 0.5) is 5.69 Å². The quantitative estimate of drug-likeness (QED) is 0.805. The van der Waals surface area contributed by atoms with Crippen LogP contribution in [0.3, 0.4) is 0 Å². The van der Waals surface area contributed by atoms with Gasteiger partial charge in [0.1, 0.15) is 0 Å². The van der Waals surface area contributed by atoms with E-state index in [1.54, 1.807) is 6.21 Å². The van der Waals surface area contributed by atoms with E-state index in [0.29, 0.717) is 6.42 Å². The van der Waals surface area contributed by atoms with Gasteiger partial charge in [-0.15, -0.1) is 0 Å². The van der Waals surface area contributed by atoms with E-state index < -0.39 is 0 Å². The van der Waals surface area contributed by atoms with Crippen molar-refractivity contribution in [1.29, 1.82) is 0 Å². The number of hydrogen-bond donors (Lipinski definition) is 2. The molecule has 2 aromatic carbocycles. The highest BCUT2D eigenvalue weighted by Gasteiger charge is 2.05. The van der Waals surface area contributed by atoms with Gasteiger partial charge in [0.15, 0.2) is 0 Å². The van der Waals surface area contributed by atoms with E-state index in [1.807, 2.05) is 54.6 Å². The van der Waals surface area contributed by atoms with Crippen LogP contribution in [-0.2, 0) is 11.2 Å². The van der Waals surface area contributed by atoms with Gasteiger partial charge in [-0.3, -0.25) is 9.79 Å². The summed E-state index contributed by atoms with van der Waals surface area (Å²) in [4.78, 5) is 15.4. The number of aliphatic hydroxyl groups excluding tert-OH is 1. The molecule has 0 spiro atoms. The van der Waals surface area contributed by atoms with Crippen LogP contribution in [0.2, 0.25) is 0 Å². The highest BCUT2D eigenvalue weighted by Crippen LogP contribution is 2.09. The van der Waals surface area contributed by atoms with Gasteiger partial charge in [0.2, 0.25) is 5.91 Å². The van der Waals surface area contributed by atoms with Crippen LogP contribution < -0.4 is 5.32 Å². The Balaban J connectivity index is 1.98. The van der Waals surface area contributed by atoms with E-state index in [4.69, 9.17) is 0 Å². The van der Waals surface area contributed by atoms with Crippen molar-refractivity contribution in [3.63, 3.8) is 0 Å². The van der Waals surface area contributed by atoms with E-state index in [9.17, 15) is 9.90 Å². The molecule has 0 fully saturated rings. The maximum atomic E-state index is 11.0. The number of aliphatic hydroxyl groups is 1. The van der Waals surface area contributed by atoms with Crippen molar-refractivity contribution in [2.24, 2.45) is 4.99 Å². The number of benzene rings is 2. The summed E-state index contributed by atoms with van der Waals surface area (Å²) in [5.41, 5.74) is 2.84. The monoisotopic (exact) mass is 296 g/mol. The third-order valence-corrected chi connectivity index (χ3v) is 3.19. The average molecular weight is 296 g/mol. The summed E-state index contributed by atoms with van der Waals surface area (Å²) < 4.78 is 0. The number of carbonyl (C=O) groups is 1. The molecule has 0 radical (unpaired) electrons. The van der Waals surface area contributed by atoms with Crippen molar-refractivity contribution in [2.45, 2.75) is 19.4 Å². The first kappa shape index (κ1) is 15.9. The third kappa shape index (κ3) is 5.14. The minimum atomic E-state index is -0.155. The Labute approximate surface area is 130 Å². The zero-order valence-electron chi connectivity index (χ0n) is 12.6. The molecule has 22 heavy (non-hydrogen) atoms. The summed E-state index contributed by atoms with van der Waals surface area (Å²) in [7, 11) is 0. The molecule has 0 aliphatic heterocycles. The molecule has 1 amide bonds. The molecule has 0 bridgehead atoms. The molecule has 2 rings (SSSR count). The zero-order chi connectivity index (χ0) is 15.8. The second-order valence-corrected chi connectivity index (χ2v) is 5.11. The minimum absolute atomic E-state index is 0.00930. The number of hydrogen-bond acceptors (Lipinski definition) is 3. The molecular weight excluding hydrogens is 276 g/mol. The van der Waals surface area contributed by atoms with Crippen molar-refractivity contribution in [3.05, 3.63) is 65.7 Å². The van der Waals surface area contributed by atoms with Crippen molar-refractivity contribution >= 4 is 17.8 Å². The number of aliphatic imine (C=N–C) groups is 1. The van der Waals surface area contributed by atoms with Crippen molar-refractivity contribution in [3.8, 4) is 0 Å². The van der Waals surface area contributed by atoms with E-state index in [2.05, 4.69) is 10.3 Å². The standard InChI is InChI=1S/C18H20N2O2/c1-14(22)20-17-9-7-16(8-10-17)12-19-18(13-21)11-15-5-3-2-4-6-15/h2-10,12,18,21H,11,13H2,1H3,(H,20,22)/t18-/m0/s1. The highest BCUT2D eigenvalue weighted by atomic mass is 16.3. The molecule has 114 valence electrons. The maximum Gasteiger partial charge on any atom is 0.221 e. The van der Waals surface area contributed by atoms with Crippen molar-refractivity contribution in [2.75, 3.05) is 11.9 Å². The van der Waals surface area contributed by atoms with Crippen LogP contribution >= 0.6 is 0 Å². The van der Waals surface area contributed by atoms with Crippen molar-refractivity contribution < 1.29 is 9.90 Å². The molecule has 4 nitrogen and oxygen atoms in total. The predicted octanol–water partition coefficient (Wildman–Crippen LogP) is 2.67. The number of amides is 1. The van der Waals surface area contributed by atoms with Gasteiger partial charge in [0, 0.05) is 18.8 Å². The van der Waals surface area contributed by atoms with Gasteiger partial charge in [0.05, 0.1) is 12.6 Å². The Kier molecular flexibility index (Phi) is 5.86. The second-order valence-electron chi connectivity index (χ2n) is 5.11. The molecule has 4 heteroatoms. The van der Waals surface area contributed by atoms with Crippen LogP contribution in [0, 0.1) is 0 Å². The Morgan fingerprint density at radius 2 is 1.86 bits per heavy atom. The summed E-state index contributed by atoms with van der Waals surface area (Å²) in [5.74, 6) is -0.0929. The third-order valence-electron chi connectivity index (χ3n) is 3.19. The molecular formula is C18H20N2O2. The molecule has 0 heterocycles. The molecule has 0 aromatic heterocycles. The number of carbonyl (C=O) groups excluding carboxylic acids is 1. The minimum Gasteiger partial charge on any atom is -0.394 e. The van der Waals surface area contributed by atoms with E-state index >= 15 is 0 Å². The summed E-state index contributed by atoms with van der Waals surface area (Å²) in [5, 5.41) is 12.2. The topological polar surface area (TPSA) is 61.7 Å². The molecule has 0 saturated heterocycles. The van der Waals surface area contributed by atoms with Gasteiger partial charge in [-0.2, -0.15) is 0 Å². The summed E-state index contributed by atoms with van der Waals surface area (Å²) in [6.45, 7) is 1.49. The fourth-order valence-corrected chi connectivity index (χ4v) is 2.10. The van der Waals surface area contributed by atoms with Crippen LogP contribution in [0.15, 0.2) is 59.6 Å². The molecule has 0 saturated carbocycles. The Hall–Kier alpha value is -2.46. The molecule has 0 aliphatic rings. The van der Waals surface area contributed by atoms with Crippen LogP contribution in [0.25, 0.3) is 0 Å². The van der Waals surface area contributed by atoms with Crippen LogP contribution in [0.1, 0.15) is 18.1 Å². The maximum absolute atomic E-state index is 11.0. The van der Waals surface area contributed by atoms with Gasteiger partial charge in [-0.25, -0.2) is 0 Å². The van der Waals surface area contributed by atoms with Crippen LogP contribution in [0.5, 0.6) is 0 Å². The molecule has 0 unspecified atom stereocenters. The predicted molar refractivity (Wildman–Crippen MR) is 89.4 cm³/mol.